The van der Waals surface area contributed by atoms with Crippen LogP contribution < -0.4 is 0 Å². The highest BCUT2D eigenvalue weighted by atomic mass is 32.2. The maximum absolute atomic E-state index is 2.51. The molecule has 2 aliphatic carbocycles. The lowest BCUT2D eigenvalue weighted by atomic mass is 9.73. The van der Waals surface area contributed by atoms with Gasteiger partial charge in [0.15, 0.2) is 0 Å². The third-order valence-electron chi connectivity index (χ3n) is 4.69. The quantitative estimate of drug-likeness (QED) is 0.644. The summed E-state index contributed by atoms with van der Waals surface area (Å²) in [5, 5.41) is 0.922. The van der Waals surface area contributed by atoms with E-state index in [1.54, 1.807) is 16.0 Å². The first-order valence-electron chi connectivity index (χ1n) is 6.88. The lowest BCUT2D eigenvalue weighted by Crippen LogP contribution is -2.22. The van der Waals surface area contributed by atoms with Gasteiger partial charge in [0, 0.05) is 11.2 Å². The van der Waals surface area contributed by atoms with E-state index >= 15 is 0 Å². The maximum atomic E-state index is 2.51. The van der Waals surface area contributed by atoms with Crippen LogP contribution in [0, 0.1) is 5.92 Å². The van der Waals surface area contributed by atoms with Crippen molar-refractivity contribution in [1.82, 2.24) is 0 Å². The Morgan fingerprint density at radius 1 is 1.06 bits per heavy atom. The molecule has 1 aromatic rings. The van der Waals surface area contributed by atoms with Crippen LogP contribution in [0.2, 0.25) is 0 Å². The topological polar surface area (TPSA) is 0 Å². The molecule has 1 saturated carbocycles. The van der Waals surface area contributed by atoms with Crippen molar-refractivity contribution in [2.24, 2.45) is 5.92 Å². The van der Waals surface area contributed by atoms with Crippen molar-refractivity contribution in [3.8, 4) is 0 Å². The SMILES string of the molecule is C1=C2SC3CCCCC3C2c2ccccc2C1. The Kier molecular flexibility index (Phi) is 2.36. The number of hydrogen-bond acceptors (Lipinski definition) is 1. The largest absolute Gasteiger partial charge is 0.127 e. The van der Waals surface area contributed by atoms with Gasteiger partial charge in [-0.2, -0.15) is 0 Å². The van der Waals surface area contributed by atoms with E-state index in [2.05, 4.69) is 42.1 Å². The fourth-order valence-electron chi connectivity index (χ4n) is 3.91. The van der Waals surface area contributed by atoms with Crippen LogP contribution in [-0.2, 0) is 6.42 Å². The first-order valence-corrected chi connectivity index (χ1v) is 7.76. The van der Waals surface area contributed by atoms with Gasteiger partial charge in [0.05, 0.1) is 0 Å². The van der Waals surface area contributed by atoms with Gasteiger partial charge in [-0.3, -0.25) is 0 Å². The van der Waals surface area contributed by atoms with E-state index in [0.29, 0.717) is 0 Å². The van der Waals surface area contributed by atoms with Gasteiger partial charge in [0.2, 0.25) is 0 Å². The molecule has 3 aliphatic rings. The van der Waals surface area contributed by atoms with Crippen LogP contribution in [0.25, 0.3) is 0 Å². The van der Waals surface area contributed by atoms with Crippen molar-refractivity contribution < 1.29 is 0 Å². The normalized spacial score (nSPS) is 34.6. The summed E-state index contributed by atoms with van der Waals surface area (Å²) >= 11 is 2.20. The summed E-state index contributed by atoms with van der Waals surface area (Å²) in [4.78, 5) is 1.70. The predicted molar refractivity (Wildman–Crippen MR) is 74.3 cm³/mol. The highest BCUT2D eigenvalue weighted by molar-refractivity contribution is 8.04. The van der Waals surface area contributed by atoms with E-state index in [1.165, 1.54) is 25.7 Å². The van der Waals surface area contributed by atoms with Gasteiger partial charge in [0.1, 0.15) is 0 Å². The second-order valence-corrected chi connectivity index (χ2v) is 6.90. The van der Waals surface area contributed by atoms with E-state index in [-0.39, 0.29) is 0 Å². The molecule has 2 fully saturated rings. The Morgan fingerprint density at radius 2 is 1.94 bits per heavy atom. The predicted octanol–water partition coefficient (Wildman–Crippen LogP) is 4.52. The molecule has 3 atom stereocenters. The summed E-state index contributed by atoms with van der Waals surface area (Å²) in [7, 11) is 0. The maximum Gasteiger partial charge on any atom is 0.0188 e. The van der Waals surface area contributed by atoms with Crippen LogP contribution in [0.4, 0.5) is 0 Å². The first kappa shape index (κ1) is 10.3. The summed E-state index contributed by atoms with van der Waals surface area (Å²) in [6.45, 7) is 0. The zero-order valence-electron chi connectivity index (χ0n) is 10.1. The van der Waals surface area contributed by atoms with Crippen molar-refractivity contribution in [2.45, 2.75) is 43.3 Å². The van der Waals surface area contributed by atoms with Gasteiger partial charge < -0.3 is 0 Å². The summed E-state index contributed by atoms with van der Waals surface area (Å²) in [6.07, 6.45) is 9.48. The molecule has 88 valence electrons. The van der Waals surface area contributed by atoms with E-state index in [0.717, 1.165) is 23.5 Å². The summed E-state index contributed by atoms with van der Waals surface area (Å²) in [6, 6.07) is 9.12. The van der Waals surface area contributed by atoms with Gasteiger partial charge in [-0.15, -0.1) is 11.8 Å². The molecule has 1 saturated heterocycles. The fourth-order valence-corrected chi connectivity index (χ4v) is 5.64. The van der Waals surface area contributed by atoms with Crippen LogP contribution in [-0.4, -0.2) is 5.25 Å². The van der Waals surface area contributed by atoms with Gasteiger partial charge >= 0.3 is 0 Å². The number of thioether (sulfide) groups is 1. The Labute approximate surface area is 107 Å². The number of rotatable bonds is 0. The van der Waals surface area contributed by atoms with Crippen LogP contribution >= 0.6 is 11.8 Å². The average Bonchev–Trinajstić information content (AvgIpc) is 2.77. The Balaban J connectivity index is 1.79. The molecule has 1 aromatic carbocycles. The zero-order valence-corrected chi connectivity index (χ0v) is 10.9. The smallest absolute Gasteiger partial charge is 0.0188 e. The zero-order chi connectivity index (χ0) is 11.2. The fraction of sp³-hybridized carbons (Fsp3) is 0.500. The molecule has 1 heterocycles. The van der Waals surface area contributed by atoms with E-state index in [9.17, 15) is 0 Å². The minimum atomic E-state index is 0.759. The number of benzene rings is 1. The van der Waals surface area contributed by atoms with Crippen molar-refractivity contribution in [3.05, 3.63) is 46.4 Å². The molecule has 0 spiro atoms. The summed E-state index contributed by atoms with van der Waals surface area (Å²) < 4.78 is 0. The van der Waals surface area contributed by atoms with Crippen molar-refractivity contribution >= 4 is 11.8 Å². The minimum Gasteiger partial charge on any atom is -0.127 e. The monoisotopic (exact) mass is 242 g/mol. The molecule has 17 heavy (non-hydrogen) atoms. The third kappa shape index (κ3) is 1.52. The van der Waals surface area contributed by atoms with Crippen molar-refractivity contribution in [2.75, 3.05) is 0 Å². The molecule has 0 nitrogen and oxygen atoms in total. The molecule has 3 unspecified atom stereocenters. The Bertz CT molecular complexity index is 474. The molecular weight excluding hydrogens is 224 g/mol. The molecule has 0 N–H and O–H groups in total. The lowest BCUT2D eigenvalue weighted by Gasteiger charge is -2.30. The molecule has 1 heteroatoms. The number of fused-ring (bicyclic) bond motifs is 5. The van der Waals surface area contributed by atoms with Gasteiger partial charge in [0.25, 0.3) is 0 Å². The number of hydrogen-bond donors (Lipinski definition) is 0. The summed E-state index contributed by atoms with van der Waals surface area (Å²) in [5.74, 6) is 1.69. The molecule has 0 aromatic heterocycles. The number of allylic oxidation sites excluding steroid dienone is 2. The average molecular weight is 242 g/mol. The van der Waals surface area contributed by atoms with Gasteiger partial charge in [-0.05, 0) is 41.2 Å². The molecule has 0 amide bonds. The minimum absolute atomic E-state index is 0.759. The molecule has 0 bridgehead atoms. The van der Waals surface area contributed by atoms with Gasteiger partial charge in [-0.1, -0.05) is 43.2 Å². The van der Waals surface area contributed by atoms with Crippen molar-refractivity contribution in [1.29, 1.82) is 0 Å². The van der Waals surface area contributed by atoms with Crippen LogP contribution in [0.15, 0.2) is 35.2 Å². The highest BCUT2D eigenvalue weighted by Crippen LogP contribution is 2.58. The van der Waals surface area contributed by atoms with Crippen LogP contribution in [0.1, 0.15) is 42.7 Å². The van der Waals surface area contributed by atoms with Crippen LogP contribution in [0.3, 0.4) is 0 Å². The standard InChI is InChI=1S/C16H18S/c1-2-6-12-11(5-1)9-10-15-16(12)13-7-3-4-8-14(13)17-15/h1-2,5-6,10,13-14,16H,3-4,7-9H2. The van der Waals surface area contributed by atoms with Crippen molar-refractivity contribution in [3.63, 3.8) is 0 Å². The van der Waals surface area contributed by atoms with E-state index in [1.807, 2.05) is 0 Å². The molecule has 4 rings (SSSR count). The molecular formula is C16H18S. The van der Waals surface area contributed by atoms with E-state index in [4.69, 9.17) is 0 Å². The Hall–Kier alpha value is -0.690. The molecule has 1 aliphatic heterocycles. The summed E-state index contributed by atoms with van der Waals surface area (Å²) in [5.41, 5.74) is 3.22. The lowest BCUT2D eigenvalue weighted by molar-refractivity contribution is 0.352. The van der Waals surface area contributed by atoms with Crippen LogP contribution in [0.5, 0.6) is 0 Å². The second kappa shape index (κ2) is 3.91. The second-order valence-electron chi connectivity index (χ2n) is 5.59. The van der Waals surface area contributed by atoms with E-state index < -0.39 is 0 Å². The van der Waals surface area contributed by atoms with Gasteiger partial charge in [-0.25, -0.2) is 0 Å². The first-order chi connectivity index (χ1) is 8.43. The third-order valence-corrected chi connectivity index (χ3v) is 6.27. The Morgan fingerprint density at radius 3 is 2.94 bits per heavy atom. The highest BCUT2D eigenvalue weighted by Gasteiger charge is 2.43. The molecule has 0 radical (unpaired) electrons.